The zero-order valence-corrected chi connectivity index (χ0v) is 10.6. The van der Waals surface area contributed by atoms with Crippen LogP contribution in [-0.2, 0) is 0 Å². The van der Waals surface area contributed by atoms with Crippen LogP contribution in [0.1, 0.15) is 39.4 Å². The molecule has 1 aliphatic rings. The second kappa shape index (κ2) is 3.52. The van der Waals surface area contributed by atoms with E-state index in [0.717, 1.165) is 6.07 Å². The van der Waals surface area contributed by atoms with Gasteiger partial charge in [-0.05, 0) is 16.9 Å². The Morgan fingerprint density at radius 2 is 1.65 bits per heavy atom. The van der Waals surface area contributed by atoms with Crippen molar-refractivity contribution in [2.75, 3.05) is 0 Å². The largest absolute Gasteiger partial charge is 0.388 e. The van der Waals surface area contributed by atoms with Gasteiger partial charge in [-0.1, -0.05) is 39.8 Å². The smallest absolute Gasteiger partial charge is 0.164 e. The second-order valence-corrected chi connectivity index (χ2v) is 6.01. The summed E-state index contributed by atoms with van der Waals surface area (Å²) in [4.78, 5) is 0. The lowest BCUT2D eigenvalue weighted by atomic mass is 9.99. The molecule has 1 N–H and O–H groups in total. The summed E-state index contributed by atoms with van der Waals surface area (Å²) >= 11 is 0. The predicted molar refractivity (Wildman–Crippen MR) is 62.4 cm³/mol. The first-order valence-corrected chi connectivity index (χ1v) is 5.83. The molecule has 0 heterocycles. The van der Waals surface area contributed by atoms with Crippen LogP contribution in [0, 0.1) is 28.4 Å². The Hall–Kier alpha value is -0.960. The Labute approximate surface area is 100 Å². The first kappa shape index (κ1) is 12.5. The molecule has 1 aliphatic carbocycles. The maximum absolute atomic E-state index is 13.6. The molecule has 0 radical (unpaired) electrons. The van der Waals surface area contributed by atoms with Crippen molar-refractivity contribution in [1.82, 2.24) is 0 Å². The highest BCUT2D eigenvalue weighted by atomic mass is 19.2. The van der Waals surface area contributed by atoms with Crippen LogP contribution in [0.3, 0.4) is 0 Å². The molecule has 1 saturated carbocycles. The van der Waals surface area contributed by atoms with E-state index >= 15 is 0 Å². The molecule has 1 atom stereocenters. The molecule has 0 spiro atoms. The number of rotatable bonds is 2. The van der Waals surface area contributed by atoms with Crippen molar-refractivity contribution in [3.05, 3.63) is 35.4 Å². The van der Waals surface area contributed by atoms with Gasteiger partial charge in [0.25, 0.3) is 0 Å². The van der Waals surface area contributed by atoms with Gasteiger partial charge < -0.3 is 5.11 Å². The van der Waals surface area contributed by atoms with Crippen molar-refractivity contribution in [3.63, 3.8) is 0 Å². The van der Waals surface area contributed by atoms with E-state index in [0.29, 0.717) is 0 Å². The highest BCUT2D eigenvalue weighted by molar-refractivity contribution is 5.27. The number of aliphatic hydroxyl groups excluding tert-OH is 1. The molecule has 2 rings (SSSR count). The van der Waals surface area contributed by atoms with Crippen LogP contribution >= 0.6 is 0 Å². The fourth-order valence-corrected chi connectivity index (χ4v) is 2.97. The van der Waals surface area contributed by atoms with Gasteiger partial charge in [-0.3, -0.25) is 0 Å². The predicted octanol–water partition coefficient (Wildman–Crippen LogP) is 3.68. The van der Waals surface area contributed by atoms with Crippen LogP contribution in [-0.4, -0.2) is 5.11 Å². The van der Waals surface area contributed by atoms with Gasteiger partial charge in [-0.15, -0.1) is 0 Å². The Morgan fingerprint density at radius 3 is 2.12 bits per heavy atom. The van der Waals surface area contributed by atoms with Crippen LogP contribution in [0.2, 0.25) is 0 Å². The highest BCUT2D eigenvalue weighted by Gasteiger charge is 2.67. The number of hydrogen-bond acceptors (Lipinski definition) is 1. The number of hydrogen-bond donors (Lipinski definition) is 1. The molecule has 3 heteroatoms. The van der Waals surface area contributed by atoms with Crippen molar-refractivity contribution in [1.29, 1.82) is 0 Å². The van der Waals surface area contributed by atoms with Crippen LogP contribution in [0.5, 0.6) is 0 Å². The van der Waals surface area contributed by atoms with E-state index in [1.807, 2.05) is 27.7 Å². The SMILES string of the molecule is CC1(C)C(C(O)c2cccc(F)c2F)C1(C)C. The normalized spacial score (nSPS) is 23.5. The zero-order chi connectivity index (χ0) is 13.0. The highest BCUT2D eigenvalue weighted by Crippen LogP contribution is 2.72. The van der Waals surface area contributed by atoms with E-state index in [1.54, 1.807) is 0 Å². The van der Waals surface area contributed by atoms with Gasteiger partial charge in [-0.2, -0.15) is 0 Å². The molecule has 1 aromatic carbocycles. The molecular weight excluding hydrogens is 222 g/mol. The van der Waals surface area contributed by atoms with Gasteiger partial charge in [-0.25, -0.2) is 8.78 Å². The third-order valence-corrected chi connectivity index (χ3v) is 4.75. The standard InChI is InChI=1S/C14H18F2O/c1-13(2)12(14(13,3)4)11(17)8-6-5-7-9(15)10(8)16/h5-7,11-12,17H,1-4H3. The van der Waals surface area contributed by atoms with Gasteiger partial charge >= 0.3 is 0 Å². The summed E-state index contributed by atoms with van der Waals surface area (Å²) in [6.45, 7) is 8.16. The van der Waals surface area contributed by atoms with E-state index < -0.39 is 17.7 Å². The molecule has 0 aliphatic heterocycles. The summed E-state index contributed by atoms with van der Waals surface area (Å²) in [6, 6.07) is 3.95. The molecular formula is C14H18F2O. The van der Waals surface area contributed by atoms with Crippen LogP contribution in [0.15, 0.2) is 18.2 Å². The minimum atomic E-state index is -0.948. The van der Waals surface area contributed by atoms with E-state index in [9.17, 15) is 13.9 Å². The van der Waals surface area contributed by atoms with E-state index in [-0.39, 0.29) is 22.3 Å². The van der Waals surface area contributed by atoms with Crippen molar-refractivity contribution < 1.29 is 13.9 Å². The maximum atomic E-state index is 13.6. The van der Waals surface area contributed by atoms with Crippen LogP contribution in [0.4, 0.5) is 8.78 Å². The fraction of sp³-hybridized carbons (Fsp3) is 0.571. The first-order valence-electron chi connectivity index (χ1n) is 5.83. The van der Waals surface area contributed by atoms with Crippen LogP contribution in [0.25, 0.3) is 0 Å². The van der Waals surface area contributed by atoms with Gasteiger partial charge in [0.2, 0.25) is 0 Å². The summed E-state index contributed by atoms with van der Waals surface area (Å²) in [7, 11) is 0. The van der Waals surface area contributed by atoms with Gasteiger partial charge in [0.15, 0.2) is 11.6 Å². The molecule has 17 heavy (non-hydrogen) atoms. The summed E-state index contributed by atoms with van der Waals surface area (Å²) in [5.74, 6) is -1.89. The topological polar surface area (TPSA) is 20.2 Å². The van der Waals surface area contributed by atoms with Crippen molar-refractivity contribution in [2.45, 2.75) is 33.8 Å². The lowest BCUT2D eigenvalue weighted by molar-refractivity contribution is 0.125. The first-order chi connectivity index (χ1) is 7.71. The second-order valence-electron chi connectivity index (χ2n) is 6.01. The molecule has 1 aromatic rings. The Kier molecular flexibility index (Phi) is 2.58. The van der Waals surface area contributed by atoms with Crippen molar-refractivity contribution in [2.24, 2.45) is 16.7 Å². The van der Waals surface area contributed by atoms with Crippen LogP contribution < -0.4 is 0 Å². The summed E-state index contributed by atoms with van der Waals surface area (Å²) in [5.41, 5.74) is -0.0651. The average Bonchev–Trinajstić information content (AvgIpc) is 2.61. The zero-order valence-electron chi connectivity index (χ0n) is 10.6. The monoisotopic (exact) mass is 240 g/mol. The summed E-state index contributed by atoms with van der Waals surface area (Å²) in [6.07, 6.45) is -0.948. The molecule has 1 unspecified atom stereocenters. The molecule has 94 valence electrons. The maximum Gasteiger partial charge on any atom is 0.164 e. The third-order valence-electron chi connectivity index (χ3n) is 4.75. The van der Waals surface area contributed by atoms with Crippen molar-refractivity contribution >= 4 is 0 Å². The van der Waals surface area contributed by atoms with E-state index in [1.165, 1.54) is 12.1 Å². The molecule has 1 nitrogen and oxygen atoms in total. The number of benzene rings is 1. The van der Waals surface area contributed by atoms with Gasteiger partial charge in [0.05, 0.1) is 6.10 Å². The summed E-state index contributed by atoms with van der Waals surface area (Å²) < 4.78 is 26.7. The Bertz CT molecular complexity index is 438. The van der Waals surface area contributed by atoms with Gasteiger partial charge in [0.1, 0.15) is 0 Å². The number of halogens is 2. The van der Waals surface area contributed by atoms with E-state index in [4.69, 9.17) is 0 Å². The third kappa shape index (κ3) is 1.60. The molecule has 0 amide bonds. The lowest BCUT2D eigenvalue weighted by Crippen LogP contribution is -2.08. The Morgan fingerprint density at radius 1 is 1.12 bits per heavy atom. The number of aliphatic hydroxyl groups is 1. The van der Waals surface area contributed by atoms with Gasteiger partial charge in [0, 0.05) is 11.5 Å². The van der Waals surface area contributed by atoms with E-state index in [2.05, 4.69) is 0 Å². The molecule has 0 bridgehead atoms. The Balaban J connectivity index is 2.34. The lowest BCUT2D eigenvalue weighted by Gasteiger charge is -2.14. The quantitative estimate of drug-likeness (QED) is 0.836. The van der Waals surface area contributed by atoms with Crippen molar-refractivity contribution in [3.8, 4) is 0 Å². The molecule has 0 aromatic heterocycles. The minimum absolute atomic E-state index is 0.0497. The fourth-order valence-electron chi connectivity index (χ4n) is 2.97. The molecule has 0 saturated heterocycles. The molecule has 1 fully saturated rings. The summed E-state index contributed by atoms with van der Waals surface area (Å²) in [5, 5.41) is 10.2. The average molecular weight is 240 g/mol. The minimum Gasteiger partial charge on any atom is -0.388 e.